The van der Waals surface area contributed by atoms with Crippen LogP contribution in [0.3, 0.4) is 0 Å². The highest BCUT2D eigenvalue weighted by molar-refractivity contribution is 5.91. The quantitative estimate of drug-likeness (QED) is 0.642. The minimum atomic E-state index is -0.665. The molecule has 2 amide bonds. The Morgan fingerprint density at radius 3 is 2.33 bits per heavy atom. The van der Waals surface area contributed by atoms with Crippen LogP contribution in [0.2, 0.25) is 0 Å². The summed E-state index contributed by atoms with van der Waals surface area (Å²) in [5, 5.41) is 2.89. The molecule has 1 N–H and O–H groups in total. The van der Waals surface area contributed by atoms with Gasteiger partial charge in [0.2, 0.25) is 0 Å². The van der Waals surface area contributed by atoms with Gasteiger partial charge in [0.25, 0.3) is 0 Å². The number of carbonyl (C=O) groups is 2. The largest absolute Gasteiger partial charge is 0.497 e. The van der Waals surface area contributed by atoms with Crippen molar-refractivity contribution in [2.24, 2.45) is 0 Å². The highest BCUT2D eigenvalue weighted by Crippen LogP contribution is 2.45. The molecule has 0 saturated heterocycles. The molecule has 168 valence electrons. The van der Waals surface area contributed by atoms with Crippen LogP contribution in [-0.2, 0) is 15.1 Å². The molecule has 7 heteroatoms. The fourth-order valence-corrected chi connectivity index (χ4v) is 3.64. The number of anilines is 1. The van der Waals surface area contributed by atoms with Crippen LogP contribution in [0.5, 0.6) is 5.75 Å². The Labute approximate surface area is 180 Å². The predicted molar refractivity (Wildman–Crippen MR) is 117 cm³/mol. The number of alkyl carbamates (subject to hydrolysis) is 1. The van der Waals surface area contributed by atoms with Crippen LogP contribution in [0.4, 0.5) is 15.3 Å². The molecule has 1 heterocycles. The third kappa shape index (κ3) is 5.37. The maximum Gasteiger partial charge on any atom is 0.415 e. The number of fused-ring (bicyclic) bond motifs is 1. The minimum Gasteiger partial charge on any atom is -0.497 e. The number of cyclic esters (lactones) is 1. The van der Waals surface area contributed by atoms with Gasteiger partial charge in [-0.05, 0) is 72.1 Å². The molecule has 7 nitrogen and oxygen atoms in total. The summed E-state index contributed by atoms with van der Waals surface area (Å²) in [4.78, 5) is 26.7. The van der Waals surface area contributed by atoms with Gasteiger partial charge in [-0.25, -0.2) is 9.59 Å². The first kappa shape index (κ1) is 23.8. The molecular formula is C23H36N2O5. The lowest BCUT2D eigenvalue weighted by atomic mass is 9.85. The standard InChI is InChI=1S/C23H36N2O5/c1-9-23(10-2)17-15-16(28-8)11-12-18(17)25(20(27)30-23)14-13-22(6,7)24-19(26)29-21(3,4)5/h11-12,15H,9-10,13-14H2,1-8H3,(H,24,26). The molecule has 0 radical (unpaired) electrons. The summed E-state index contributed by atoms with van der Waals surface area (Å²) in [5.74, 6) is 0.727. The third-order valence-corrected chi connectivity index (χ3v) is 5.43. The van der Waals surface area contributed by atoms with Crippen molar-refractivity contribution >= 4 is 17.9 Å². The van der Waals surface area contributed by atoms with Gasteiger partial charge in [0, 0.05) is 17.6 Å². The summed E-state index contributed by atoms with van der Waals surface area (Å²) in [6.07, 6.45) is 1.03. The lowest BCUT2D eigenvalue weighted by Gasteiger charge is -2.42. The molecule has 0 spiro atoms. The summed E-state index contributed by atoms with van der Waals surface area (Å²) in [6.45, 7) is 13.7. The van der Waals surface area contributed by atoms with E-state index in [9.17, 15) is 9.59 Å². The Morgan fingerprint density at radius 2 is 1.80 bits per heavy atom. The summed E-state index contributed by atoms with van der Waals surface area (Å²) >= 11 is 0. The fraction of sp³-hybridized carbons (Fsp3) is 0.652. The van der Waals surface area contributed by atoms with Crippen molar-refractivity contribution in [3.8, 4) is 5.75 Å². The molecule has 1 aliphatic rings. The van der Waals surface area contributed by atoms with E-state index in [2.05, 4.69) is 5.32 Å². The Kier molecular flexibility index (Phi) is 6.94. The van der Waals surface area contributed by atoms with Crippen LogP contribution < -0.4 is 15.0 Å². The number of hydrogen-bond acceptors (Lipinski definition) is 5. The number of amides is 2. The molecule has 0 unspecified atom stereocenters. The fourth-order valence-electron chi connectivity index (χ4n) is 3.64. The minimum absolute atomic E-state index is 0.371. The zero-order valence-electron chi connectivity index (χ0n) is 19.5. The molecule has 0 saturated carbocycles. The Bertz CT molecular complexity index is 778. The number of nitrogens with zero attached hydrogens (tertiary/aromatic N) is 1. The van der Waals surface area contributed by atoms with Gasteiger partial charge in [0.15, 0.2) is 0 Å². The van der Waals surface area contributed by atoms with Crippen molar-refractivity contribution in [1.29, 1.82) is 0 Å². The van der Waals surface area contributed by atoms with Gasteiger partial charge >= 0.3 is 12.2 Å². The van der Waals surface area contributed by atoms with E-state index in [4.69, 9.17) is 14.2 Å². The van der Waals surface area contributed by atoms with E-state index < -0.39 is 22.8 Å². The number of carbonyl (C=O) groups excluding carboxylic acids is 2. The molecule has 0 aliphatic carbocycles. The van der Waals surface area contributed by atoms with Crippen LogP contribution in [0, 0.1) is 0 Å². The lowest BCUT2D eigenvalue weighted by molar-refractivity contribution is -0.00146. The monoisotopic (exact) mass is 420 g/mol. The summed E-state index contributed by atoms with van der Waals surface area (Å²) < 4.78 is 16.7. The van der Waals surface area contributed by atoms with Crippen molar-refractivity contribution in [2.75, 3.05) is 18.6 Å². The van der Waals surface area contributed by atoms with E-state index >= 15 is 0 Å². The SMILES string of the molecule is CCC1(CC)OC(=O)N(CCC(C)(C)NC(=O)OC(C)(C)C)c2ccc(OC)cc21. The van der Waals surface area contributed by atoms with Crippen LogP contribution in [0.15, 0.2) is 18.2 Å². The van der Waals surface area contributed by atoms with Gasteiger partial charge in [0.1, 0.15) is 17.0 Å². The van der Waals surface area contributed by atoms with Crippen molar-refractivity contribution in [3.63, 3.8) is 0 Å². The molecule has 0 aromatic heterocycles. The predicted octanol–water partition coefficient (Wildman–Crippen LogP) is 5.36. The smallest absolute Gasteiger partial charge is 0.415 e. The molecule has 1 aromatic rings. The van der Waals surface area contributed by atoms with Gasteiger partial charge in [-0.2, -0.15) is 0 Å². The second-order valence-electron chi connectivity index (χ2n) is 9.36. The average molecular weight is 421 g/mol. The number of hydrogen-bond donors (Lipinski definition) is 1. The van der Waals surface area contributed by atoms with Gasteiger partial charge in [0.05, 0.1) is 12.8 Å². The maximum absolute atomic E-state index is 12.9. The molecule has 0 fully saturated rings. The van der Waals surface area contributed by atoms with Crippen molar-refractivity contribution in [3.05, 3.63) is 23.8 Å². The van der Waals surface area contributed by atoms with Crippen LogP contribution >= 0.6 is 0 Å². The molecule has 0 bridgehead atoms. The number of rotatable bonds is 7. The van der Waals surface area contributed by atoms with E-state index in [0.717, 1.165) is 17.0 Å². The zero-order valence-corrected chi connectivity index (χ0v) is 19.5. The molecule has 2 rings (SSSR count). The molecule has 30 heavy (non-hydrogen) atoms. The number of methoxy groups -OCH3 is 1. The van der Waals surface area contributed by atoms with Crippen LogP contribution in [0.1, 0.15) is 73.3 Å². The summed E-state index contributed by atoms with van der Waals surface area (Å²) in [6, 6.07) is 5.71. The molecule has 0 atom stereocenters. The zero-order chi connectivity index (χ0) is 22.7. The van der Waals surface area contributed by atoms with Crippen LogP contribution in [-0.4, -0.2) is 37.0 Å². The Balaban J connectivity index is 2.23. The van der Waals surface area contributed by atoms with E-state index in [1.807, 2.05) is 66.7 Å². The third-order valence-electron chi connectivity index (χ3n) is 5.43. The molecular weight excluding hydrogens is 384 g/mol. The van der Waals surface area contributed by atoms with Crippen molar-refractivity contribution < 1.29 is 23.8 Å². The van der Waals surface area contributed by atoms with Gasteiger partial charge in [-0.3, -0.25) is 4.90 Å². The molecule has 1 aliphatic heterocycles. The van der Waals surface area contributed by atoms with E-state index in [1.54, 1.807) is 12.0 Å². The highest BCUT2D eigenvalue weighted by Gasteiger charge is 2.43. The van der Waals surface area contributed by atoms with E-state index in [1.165, 1.54) is 0 Å². The van der Waals surface area contributed by atoms with E-state index in [-0.39, 0.29) is 6.09 Å². The summed E-state index contributed by atoms with van der Waals surface area (Å²) in [5.41, 5.74) is -0.0346. The number of nitrogens with one attached hydrogen (secondary N) is 1. The van der Waals surface area contributed by atoms with Gasteiger partial charge in [-0.15, -0.1) is 0 Å². The topological polar surface area (TPSA) is 77.1 Å². The average Bonchev–Trinajstić information content (AvgIpc) is 2.64. The van der Waals surface area contributed by atoms with Crippen molar-refractivity contribution in [1.82, 2.24) is 5.32 Å². The first-order chi connectivity index (χ1) is 13.9. The first-order valence-electron chi connectivity index (χ1n) is 10.6. The lowest BCUT2D eigenvalue weighted by Crippen LogP contribution is -2.50. The van der Waals surface area contributed by atoms with Gasteiger partial charge in [-0.1, -0.05) is 13.8 Å². The number of benzene rings is 1. The van der Waals surface area contributed by atoms with E-state index in [0.29, 0.717) is 25.8 Å². The molecule has 1 aromatic carbocycles. The summed E-state index contributed by atoms with van der Waals surface area (Å²) in [7, 11) is 1.62. The van der Waals surface area contributed by atoms with Crippen molar-refractivity contribution in [2.45, 2.75) is 84.5 Å². The second kappa shape index (κ2) is 8.74. The van der Waals surface area contributed by atoms with Gasteiger partial charge < -0.3 is 19.5 Å². The number of ether oxygens (including phenoxy) is 3. The Hall–Kier alpha value is -2.44. The first-order valence-corrected chi connectivity index (χ1v) is 10.6. The maximum atomic E-state index is 12.9. The highest BCUT2D eigenvalue weighted by atomic mass is 16.6. The normalized spacial score (nSPS) is 15.9. The van der Waals surface area contributed by atoms with Crippen LogP contribution in [0.25, 0.3) is 0 Å². The second-order valence-corrected chi connectivity index (χ2v) is 9.36. The Morgan fingerprint density at radius 1 is 1.17 bits per heavy atom.